The topological polar surface area (TPSA) is 26.3 Å². The van der Waals surface area contributed by atoms with Gasteiger partial charge in [-0.3, -0.25) is 4.79 Å². The predicted octanol–water partition coefficient (Wildman–Crippen LogP) is 3.41. The fourth-order valence-electron chi connectivity index (χ4n) is 2.71. The van der Waals surface area contributed by atoms with Crippen molar-refractivity contribution in [3.05, 3.63) is 29.3 Å². The van der Waals surface area contributed by atoms with Gasteiger partial charge in [-0.25, -0.2) is 0 Å². The predicted molar refractivity (Wildman–Crippen MR) is 64.1 cm³/mol. The number of hydrogen-bond acceptors (Lipinski definition) is 2. The fraction of sp³-hybridized carbons (Fsp3) is 0.500. The molecule has 2 nitrogen and oxygen atoms in total. The van der Waals surface area contributed by atoms with Gasteiger partial charge in [0.1, 0.15) is 5.75 Å². The van der Waals surface area contributed by atoms with Gasteiger partial charge >= 0.3 is 0 Å². The lowest BCUT2D eigenvalue weighted by molar-refractivity contribution is 0.112. The van der Waals surface area contributed by atoms with Crippen LogP contribution in [0.4, 0.5) is 0 Å². The highest BCUT2D eigenvalue weighted by molar-refractivity contribution is 5.80. The van der Waals surface area contributed by atoms with Crippen LogP contribution in [0.3, 0.4) is 0 Å². The van der Waals surface area contributed by atoms with E-state index in [1.807, 2.05) is 12.1 Å². The molecular formula is C14H18O2. The third-order valence-corrected chi connectivity index (χ3v) is 3.54. The Hall–Kier alpha value is -1.31. The van der Waals surface area contributed by atoms with Crippen molar-refractivity contribution in [1.82, 2.24) is 0 Å². The third-order valence-electron chi connectivity index (χ3n) is 3.54. The molecule has 1 aromatic rings. The van der Waals surface area contributed by atoms with Crippen LogP contribution >= 0.6 is 0 Å². The molecule has 0 aliphatic heterocycles. The van der Waals surface area contributed by atoms with Crippen molar-refractivity contribution < 1.29 is 9.53 Å². The second-order valence-corrected chi connectivity index (χ2v) is 4.70. The van der Waals surface area contributed by atoms with Crippen LogP contribution in [-0.2, 0) is 0 Å². The SMILES string of the molecule is COc1c(C=O)cccc1C1CCC(C)C1. The Labute approximate surface area is 96.6 Å². The summed E-state index contributed by atoms with van der Waals surface area (Å²) in [6, 6.07) is 5.85. The van der Waals surface area contributed by atoms with Crippen molar-refractivity contribution >= 4 is 6.29 Å². The minimum atomic E-state index is 0.560. The number of rotatable bonds is 3. The van der Waals surface area contributed by atoms with E-state index in [4.69, 9.17) is 4.74 Å². The summed E-state index contributed by atoms with van der Waals surface area (Å²) >= 11 is 0. The van der Waals surface area contributed by atoms with Gasteiger partial charge in [0.15, 0.2) is 6.29 Å². The summed E-state index contributed by atoms with van der Waals surface area (Å²) in [6.07, 6.45) is 4.57. The first kappa shape index (κ1) is 11.2. The van der Waals surface area contributed by atoms with E-state index in [1.54, 1.807) is 7.11 Å². The normalized spacial score (nSPS) is 24.4. The number of methoxy groups -OCH3 is 1. The molecule has 0 amide bonds. The maximum atomic E-state index is 10.9. The zero-order valence-corrected chi connectivity index (χ0v) is 9.90. The van der Waals surface area contributed by atoms with E-state index >= 15 is 0 Å². The van der Waals surface area contributed by atoms with Crippen LogP contribution in [0, 0.1) is 5.92 Å². The van der Waals surface area contributed by atoms with Crippen LogP contribution in [0.15, 0.2) is 18.2 Å². The number of benzene rings is 1. The summed E-state index contributed by atoms with van der Waals surface area (Å²) < 4.78 is 5.38. The Morgan fingerprint density at radius 1 is 1.38 bits per heavy atom. The van der Waals surface area contributed by atoms with Crippen molar-refractivity contribution in [1.29, 1.82) is 0 Å². The van der Waals surface area contributed by atoms with E-state index in [1.165, 1.54) is 24.8 Å². The highest BCUT2D eigenvalue weighted by Crippen LogP contribution is 2.42. The lowest BCUT2D eigenvalue weighted by atomic mass is 9.94. The molecule has 86 valence electrons. The second kappa shape index (κ2) is 4.69. The maximum absolute atomic E-state index is 10.9. The highest BCUT2D eigenvalue weighted by atomic mass is 16.5. The smallest absolute Gasteiger partial charge is 0.153 e. The van der Waals surface area contributed by atoms with Gasteiger partial charge < -0.3 is 4.74 Å². The molecule has 0 aromatic heterocycles. The van der Waals surface area contributed by atoms with Gasteiger partial charge in [0.2, 0.25) is 0 Å². The van der Waals surface area contributed by atoms with E-state index in [0.717, 1.165) is 18.0 Å². The van der Waals surface area contributed by atoms with Gasteiger partial charge in [-0.1, -0.05) is 25.5 Å². The standard InChI is InChI=1S/C14H18O2/c1-10-6-7-11(8-10)13-5-3-4-12(9-15)14(13)16-2/h3-5,9-11H,6-8H2,1-2H3. The van der Waals surface area contributed by atoms with Gasteiger partial charge in [0.25, 0.3) is 0 Å². The molecule has 1 saturated carbocycles. The first-order valence-electron chi connectivity index (χ1n) is 5.88. The van der Waals surface area contributed by atoms with Crippen molar-refractivity contribution in [3.63, 3.8) is 0 Å². The molecule has 1 aliphatic carbocycles. The van der Waals surface area contributed by atoms with Gasteiger partial charge in [-0.05, 0) is 36.3 Å². The number of para-hydroxylation sites is 1. The number of carbonyl (C=O) groups excluding carboxylic acids is 1. The molecule has 1 aliphatic rings. The van der Waals surface area contributed by atoms with Gasteiger partial charge in [0.05, 0.1) is 12.7 Å². The Morgan fingerprint density at radius 3 is 2.75 bits per heavy atom. The molecule has 16 heavy (non-hydrogen) atoms. The molecule has 0 bridgehead atoms. The molecule has 2 rings (SSSR count). The molecule has 1 fully saturated rings. The Morgan fingerprint density at radius 2 is 2.19 bits per heavy atom. The number of carbonyl (C=O) groups is 1. The van der Waals surface area contributed by atoms with Crippen molar-refractivity contribution in [2.45, 2.75) is 32.1 Å². The minimum absolute atomic E-state index is 0.560. The number of aldehydes is 1. The Bertz CT molecular complexity index is 384. The summed E-state index contributed by atoms with van der Waals surface area (Å²) in [4.78, 5) is 10.9. The molecule has 2 unspecified atom stereocenters. The lowest BCUT2D eigenvalue weighted by Gasteiger charge is -2.15. The van der Waals surface area contributed by atoms with Crippen molar-refractivity contribution in [3.8, 4) is 5.75 Å². The molecule has 2 atom stereocenters. The molecule has 1 aromatic carbocycles. The fourth-order valence-corrected chi connectivity index (χ4v) is 2.71. The monoisotopic (exact) mass is 218 g/mol. The van der Waals surface area contributed by atoms with E-state index in [9.17, 15) is 4.79 Å². The third kappa shape index (κ3) is 1.97. The summed E-state index contributed by atoms with van der Waals surface area (Å²) in [6.45, 7) is 2.29. The van der Waals surface area contributed by atoms with Crippen LogP contribution in [0.25, 0.3) is 0 Å². The minimum Gasteiger partial charge on any atom is -0.496 e. The molecule has 0 heterocycles. The molecular weight excluding hydrogens is 200 g/mol. The van der Waals surface area contributed by atoms with E-state index in [-0.39, 0.29) is 0 Å². The summed E-state index contributed by atoms with van der Waals surface area (Å²) in [5.74, 6) is 2.12. The van der Waals surface area contributed by atoms with Crippen LogP contribution in [0.5, 0.6) is 5.75 Å². The molecule has 0 saturated heterocycles. The number of ether oxygens (including phenoxy) is 1. The van der Waals surface area contributed by atoms with Crippen LogP contribution in [0.2, 0.25) is 0 Å². The molecule has 0 N–H and O–H groups in total. The van der Waals surface area contributed by atoms with Gasteiger partial charge in [-0.15, -0.1) is 0 Å². The molecule has 0 spiro atoms. The summed E-state index contributed by atoms with van der Waals surface area (Å²) in [5.41, 5.74) is 1.87. The average Bonchev–Trinajstić information content (AvgIpc) is 2.74. The largest absolute Gasteiger partial charge is 0.496 e. The van der Waals surface area contributed by atoms with Crippen LogP contribution < -0.4 is 4.74 Å². The second-order valence-electron chi connectivity index (χ2n) is 4.70. The van der Waals surface area contributed by atoms with Crippen molar-refractivity contribution in [2.24, 2.45) is 5.92 Å². The maximum Gasteiger partial charge on any atom is 0.153 e. The van der Waals surface area contributed by atoms with Crippen molar-refractivity contribution in [2.75, 3.05) is 7.11 Å². The zero-order valence-electron chi connectivity index (χ0n) is 9.90. The lowest BCUT2D eigenvalue weighted by Crippen LogP contribution is -2.00. The van der Waals surface area contributed by atoms with E-state index in [2.05, 4.69) is 13.0 Å². The average molecular weight is 218 g/mol. The first-order chi connectivity index (χ1) is 7.76. The quantitative estimate of drug-likeness (QED) is 0.727. The Kier molecular flexibility index (Phi) is 3.28. The Balaban J connectivity index is 2.36. The zero-order chi connectivity index (χ0) is 11.5. The summed E-state index contributed by atoms with van der Waals surface area (Å²) in [7, 11) is 1.64. The van der Waals surface area contributed by atoms with E-state index < -0.39 is 0 Å². The summed E-state index contributed by atoms with van der Waals surface area (Å²) in [5, 5.41) is 0. The number of hydrogen-bond donors (Lipinski definition) is 0. The van der Waals surface area contributed by atoms with Gasteiger partial charge in [0, 0.05) is 0 Å². The van der Waals surface area contributed by atoms with Crippen LogP contribution in [-0.4, -0.2) is 13.4 Å². The molecule has 2 heteroatoms. The highest BCUT2D eigenvalue weighted by Gasteiger charge is 2.25. The first-order valence-corrected chi connectivity index (χ1v) is 5.88. The van der Waals surface area contributed by atoms with Gasteiger partial charge in [-0.2, -0.15) is 0 Å². The molecule has 0 radical (unpaired) electrons. The van der Waals surface area contributed by atoms with E-state index in [0.29, 0.717) is 11.5 Å². The van der Waals surface area contributed by atoms with Crippen LogP contribution in [0.1, 0.15) is 48.0 Å².